The number of hydrogen-bond donors (Lipinski definition) is 2. The Labute approximate surface area is 204 Å². The first-order chi connectivity index (χ1) is 17.0. The fourth-order valence-electron chi connectivity index (χ4n) is 4.08. The number of benzene rings is 1. The van der Waals surface area contributed by atoms with Gasteiger partial charge in [0.15, 0.2) is 0 Å². The third kappa shape index (κ3) is 4.08. The van der Waals surface area contributed by atoms with Gasteiger partial charge >= 0.3 is 11.9 Å². The lowest BCUT2D eigenvalue weighted by Crippen LogP contribution is -2.37. The number of rotatable bonds is 5. The van der Waals surface area contributed by atoms with Crippen molar-refractivity contribution in [3.8, 4) is 5.75 Å². The highest BCUT2D eigenvalue weighted by Crippen LogP contribution is 2.43. The van der Waals surface area contributed by atoms with Crippen LogP contribution in [-0.2, 0) is 12.7 Å². The number of carbonyl (C=O) groups excluding carboxylic acids is 1. The number of nitrogens with one attached hydrogen (secondary N) is 2. The largest absolute Gasteiger partial charge is 0.496 e. The number of thiophene rings is 1. The molecule has 1 unspecified atom stereocenters. The number of carbonyl (C=O) groups is 1. The molecular formula is C22H17F3N6O4S. The number of ether oxygens (including phenoxy) is 1. The third-order valence-corrected chi connectivity index (χ3v) is 6.80. The molecule has 0 fully saturated rings. The highest BCUT2D eigenvalue weighted by atomic mass is 32.1. The van der Waals surface area contributed by atoms with Crippen molar-refractivity contribution in [2.45, 2.75) is 25.8 Å². The molecule has 1 amide bonds. The fourth-order valence-corrected chi connectivity index (χ4v) is 5.20. The smallest absolute Gasteiger partial charge is 0.433 e. The highest BCUT2D eigenvalue weighted by Gasteiger charge is 2.35. The summed E-state index contributed by atoms with van der Waals surface area (Å²) in [6.07, 6.45) is -2.86. The predicted molar refractivity (Wildman–Crippen MR) is 124 cm³/mol. The van der Waals surface area contributed by atoms with E-state index in [1.165, 1.54) is 18.0 Å². The van der Waals surface area contributed by atoms with Gasteiger partial charge in [0.2, 0.25) is 0 Å². The molecule has 36 heavy (non-hydrogen) atoms. The van der Waals surface area contributed by atoms with E-state index in [9.17, 15) is 28.1 Å². The second-order valence-electron chi connectivity index (χ2n) is 8.08. The predicted octanol–water partition coefficient (Wildman–Crippen LogP) is 4.64. The van der Waals surface area contributed by atoms with Crippen molar-refractivity contribution in [3.63, 3.8) is 0 Å². The summed E-state index contributed by atoms with van der Waals surface area (Å²) in [6, 6.07) is 6.16. The maximum absolute atomic E-state index is 13.2. The lowest BCUT2D eigenvalue weighted by Gasteiger charge is -2.27. The Balaban J connectivity index is 1.50. The SMILES string of the molecule is COc1ccc(C2NC(=O)c3sc4nc(C(F)(F)F)cc(C)c4c3N2)cc1Cn1cc([N+](=O)[O-])cn1. The monoisotopic (exact) mass is 518 g/mol. The molecule has 1 aliphatic heterocycles. The lowest BCUT2D eigenvalue weighted by molar-refractivity contribution is -0.385. The van der Waals surface area contributed by atoms with Crippen LogP contribution in [0.4, 0.5) is 24.5 Å². The molecule has 0 spiro atoms. The van der Waals surface area contributed by atoms with E-state index in [4.69, 9.17) is 4.74 Å². The van der Waals surface area contributed by atoms with Crippen molar-refractivity contribution in [3.05, 3.63) is 74.0 Å². The minimum Gasteiger partial charge on any atom is -0.496 e. The Morgan fingerprint density at radius 3 is 2.72 bits per heavy atom. The minimum atomic E-state index is -4.60. The van der Waals surface area contributed by atoms with Crippen molar-refractivity contribution in [2.24, 2.45) is 0 Å². The number of alkyl halides is 3. The molecule has 3 aromatic heterocycles. The van der Waals surface area contributed by atoms with Gasteiger partial charge in [-0.3, -0.25) is 19.6 Å². The zero-order chi connectivity index (χ0) is 25.8. The van der Waals surface area contributed by atoms with Crippen LogP contribution in [0.2, 0.25) is 0 Å². The number of methoxy groups -OCH3 is 1. The second-order valence-corrected chi connectivity index (χ2v) is 9.08. The van der Waals surface area contributed by atoms with Crippen LogP contribution in [0.1, 0.15) is 38.2 Å². The Morgan fingerprint density at radius 2 is 2.06 bits per heavy atom. The minimum absolute atomic E-state index is 0.117. The molecule has 4 heterocycles. The first-order valence-corrected chi connectivity index (χ1v) is 11.3. The number of amides is 1. The number of aryl methyl sites for hydroxylation is 1. The topological polar surface area (TPSA) is 124 Å². The number of pyridine rings is 1. The second kappa shape index (κ2) is 8.48. The number of anilines is 1. The van der Waals surface area contributed by atoms with Gasteiger partial charge in [0, 0.05) is 10.9 Å². The van der Waals surface area contributed by atoms with Gasteiger partial charge < -0.3 is 15.4 Å². The van der Waals surface area contributed by atoms with E-state index < -0.39 is 28.9 Å². The zero-order valence-electron chi connectivity index (χ0n) is 18.7. The number of aromatic nitrogens is 3. The molecule has 0 aliphatic carbocycles. The standard InChI is InChI=1S/C22H17F3N6O4S/c1-10-5-15(22(23,24)25)27-21-16(10)17-18(36-21)20(32)29-19(28-17)11-3-4-14(35-2)12(6-11)8-30-9-13(7-26-30)31(33)34/h3-7,9,19,28H,8H2,1-2H3,(H,29,32). The van der Waals surface area contributed by atoms with Gasteiger partial charge in [0.1, 0.15) is 39.7 Å². The van der Waals surface area contributed by atoms with Crippen molar-refractivity contribution in [2.75, 3.05) is 12.4 Å². The quantitative estimate of drug-likeness (QED) is 0.291. The summed E-state index contributed by atoms with van der Waals surface area (Å²) in [4.78, 5) is 27.4. The summed E-state index contributed by atoms with van der Waals surface area (Å²) < 4.78 is 46.5. The summed E-state index contributed by atoms with van der Waals surface area (Å²) in [7, 11) is 1.49. The van der Waals surface area contributed by atoms with Crippen molar-refractivity contribution < 1.29 is 27.6 Å². The molecule has 0 radical (unpaired) electrons. The van der Waals surface area contributed by atoms with E-state index in [2.05, 4.69) is 20.7 Å². The van der Waals surface area contributed by atoms with E-state index in [1.807, 2.05) is 0 Å². The van der Waals surface area contributed by atoms with Crippen LogP contribution in [0.5, 0.6) is 5.75 Å². The Bertz CT molecular complexity index is 1530. The van der Waals surface area contributed by atoms with Crippen LogP contribution in [0.25, 0.3) is 10.2 Å². The molecule has 1 atom stereocenters. The van der Waals surface area contributed by atoms with Crippen LogP contribution in [0.15, 0.2) is 36.7 Å². The molecule has 0 bridgehead atoms. The normalized spacial score (nSPS) is 15.4. The summed E-state index contributed by atoms with van der Waals surface area (Å²) in [5, 5.41) is 21.5. The average molecular weight is 518 g/mol. The lowest BCUT2D eigenvalue weighted by atomic mass is 10.0. The molecular weight excluding hydrogens is 501 g/mol. The van der Waals surface area contributed by atoms with E-state index in [-0.39, 0.29) is 21.9 Å². The van der Waals surface area contributed by atoms with Gasteiger partial charge in [-0.15, -0.1) is 11.3 Å². The first-order valence-electron chi connectivity index (χ1n) is 10.5. The third-order valence-electron chi connectivity index (χ3n) is 5.72. The Hall–Kier alpha value is -4.20. The molecule has 0 saturated heterocycles. The molecule has 0 saturated carbocycles. The fraction of sp³-hybridized carbons (Fsp3) is 0.227. The van der Waals surface area contributed by atoms with Gasteiger partial charge in [-0.2, -0.15) is 18.3 Å². The van der Waals surface area contributed by atoms with Crippen molar-refractivity contribution in [1.82, 2.24) is 20.1 Å². The van der Waals surface area contributed by atoms with E-state index in [1.54, 1.807) is 25.1 Å². The Kier molecular flexibility index (Phi) is 5.54. The van der Waals surface area contributed by atoms with Gasteiger partial charge in [-0.1, -0.05) is 6.07 Å². The molecule has 1 aliphatic rings. The maximum Gasteiger partial charge on any atom is 0.433 e. The number of nitro groups is 1. The van der Waals surface area contributed by atoms with Gasteiger partial charge in [-0.05, 0) is 36.2 Å². The van der Waals surface area contributed by atoms with Crippen LogP contribution < -0.4 is 15.4 Å². The first kappa shape index (κ1) is 23.5. The van der Waals surface area contributed by atoms with Gasteiger partial charge in [0.05, 0.1) is 24.3 Å². The number of nitrogens with zero attached hydrogens (tertiary/aromatic N) is 4. The van der Waals surface area contributed by atoms with Gasteiger partial charge in [0.25, 0.3) is 5.91 Å². The number of fused-ring (bicyclic) bond motifs is 3. The van der Waals surface area contributed by atoms with Crippen LogP contribution in [0.3, 0.4) is 0 Å². The summed E-state index contributed by atoms with van der Waals surface area (Å²) >= 11 is 0.893. The highest BCUT2D eigenvalue weighted by molar-refractivity contribution is 7.21. The molecule has 1 aromatic carbocycles. The molecule has 5 rings (SSSR count). The van der Waals surface area contributed by atoms with Crippen LogP contribution in [-0.4, -0.2) is 32.7 Å². The van der Waals surface area contributed by atoms with E-state index in [0.29, 0.717) is 33.5 Å². The number of halogens is 3. The van der Waals surface area contributed by atoms with Crippen molar-refractivity contribution in [1.29, 1.82) is 0 Å². The average Bonchev–Trinajstić information content (AvgIpc) is 3.44. The molecule has 186 valence electrons. The summed E-state index contributed by atoms with van der Waals surface area (Å²) in [6.45, 7) is 1.71. The maximum atomic E-state index is 13.2. The molecule has 10 nitrogen and oxygen atoms in total. The molecule has 4 aromatic rings. The van der Waals surface area contributed by atoms with Gasteiger partial charge in [-0.25, -0.2) is 4.98 Å². The zero-order valence-corrected chi connectivity index (χ0v) is 19.5. The summed E-state index contributed by atoms with van der Waals surface area (Å²) in [5.41, 5.74) is 0.896. The van der Waals surface area contributed by atoms with Crippen LogP contribution in [0, 0.1) is 17.0 Å². The van der Waals surface area contributed by atoms with Crippen LogP contribution >= 0.6 is 11.3 Å². The molecule has 14 heteroatoms. The van der Waals surface area contributed by atoms with Crippen molar-refractivity contribution >= 4 is 38.8 Å². The summed E-state index contributed by atoms with van der Waals surface area (Å²) in [5.74, 6) is 0.0743. The Morgan fingerprint density at radius 1 is 1.28 bits per heavy atom. The number of hydrogen-bond acceptors (Lipinski definition) is 8. The van der Waals surface area contributed by atoms with E-state index >= 15 is 0 Å². The molecule has 2 N–H and O–H groups in total. The van der Waals surface area contributed by atoms with E-state index in [0.717, 1.165) is 23.6 Å².